The summed E-state index contributed by atoms with van der Waals surface area (Å²) < 4.78 is 67.6. The highest BCUT2D eigenvalue weighted by molar-refractivity contribution is 7.89. The normalized spacial score (nSPS) is 22.9. The van der Waals surface area contributed by atoms with E-state index in [1.165, 1.54) is 11.2 Å². The predicted octanol–water partition coefficient (Wildman–Crippen LogP) is 4.87. The number of alkyl halides is 3. The summed E-state index contributed by atoms with van der Waals surface area (Å²) >= 11 is 0. The lowest BCUT2D eigenvalue weighted by atomic mass is 9.76. The summed E-state index contributed by atoms with van der Waals surface area (Å²) in [5, 5.41) is 7.07. The van der Waals surface area contributed by atoms with Crippen LogP contribution in [0.5, 0.6) is 0 Å². The van der Waals surface area contributed by atoms with Gasteiger partial charge in [-0.3, -0.25) is 9.89 Å². The molecule has 1 N–H and O–H groups in total. The Kier molecular flexibility index (Phi) is 5.40. The molecule has 34 heavy (non-hydrogen) atoms. The van der Waals surface area contributed by atoms with Gasteiger partial charge in [0.05, 0.1) is 22.7 Å². The van der Waals surface area contributed by atoms with Gasteiger partial charge in [0.25, 0.3) is 0 Å². The Morgan fingerprint density at radius 2 is 1.74 bits per heavy atom. The highest BCUT2D eigenvalue weighted by atomic mass is 32.2. The number of carbonyl (C=O) groups is 1. The topological polar surface area (TPSA) is 83.1 Å². The summed E-state index contributed by atoms with van der Waals surface area (Å²) in [6.45, 7) is 1.50. The number of nitrogens with zero attached hydrogens (tertiary/aromatic N) is 2. The van der Waals surface area contributed by atoms with Crippen molar-refractivity contribution in [1.82, 2.24) is 14.5 Å². The molecule has 0 saturated carbocycles. The Hall–Kier alpha value is -2.98. The molecule has 0 amide bonds. The van der Waals surface area contributed by atoms with E-state index in [0.717, 1.165) is 41.1 Å². The van der Waals surface area contributed by atoms with Crippen molar-refractivity contribution < 1.29 is 26.4 Å². The predicted molar refractivity (Wildman–Crippen MR) is 118 cm³/mol. The van der Waals surface area contributed by atoms with E-state index in [1.807, 2.05) is 12.1 Å². The molecule has 2 aliphatic heterocycles. The smallest absolute Gasteiger partial charge is 0.295 e. The first kappa shape index (κ1) is 22.8. The van der Waals surface area contributed by atoms with E-state index in [-0.39, 0.29) is 22.6 Å². The molecule has 0 aliphatic carbocycles. The van der Waals surface area contributed by atoms with Crippen LogP contribution < -0.4 is 0 Å². The summed E-state index contributed by atoms with van der Waals surface area (Å²) in [6.07, 6.45) is -1.42. The van der Waals surface area contributed by atoms with Gasteiger partial charge in [0, 0.05) is 29.3 Å². The first-order valence-electron chi connectivity index (χ1n) is 10.9. The van der Waals surface area contributed by atoms with Gasteiger partial charge in [-0.2, -0.15) is 22.6 Å². The third-order valence-corrected chi connectivity index (χ3v) is 8.80. The van der Waals surface area contributed by atoms with E-state index in [0.29, 0.717) is 24.8 Å². The zero-order chi connectivity index (χ0) is 24.3. The second kappa shape index (κ2) is 8.06. The van der Waals surface area contributed by atoms with Crippen molar-refractivity contribution in [1.29, 1.82) is 0 Å². The van der Waals surface area contributed by atoms with Crippen molar-refractivity contribution in [2.24, 2.45) is 0 Å². The molecule has 1 fully saturated rings. The monoisotopic (exact) mass is 489 g/mol. The second-order valence-corrected chi connectivity index (χ2v) is 10.7. The maximum Gasteiger partial charge on any atom is 0.416 e. The molecule has 10 heteroatoms. The maximum absolute atomic E-state index is 13.6. The summed E-state index contributed by atoms with van der Waals surface area (Å²) in [7, 11) is -4.05. The molecule has 2 bridgehead atoms. The fourth-order valence-electron chi connectivity index (χ4n) is 5.17. The summed E-state index contributed by atoms with van der Waals surface area (Å²) in [4.78, 5) is 11.5. The number of piperidine rings is 1. The van der Waals surface area contributed by atoms with Gasteiger partial charge in [-0.15, -0.1) is 0 Å². The molecule has 1 aromatic heterocycles. The molecular weight excluding hydrogens is 467 g/mol. The number of sulfonamides is 1. The highest BCUT2D eigenvalue weighted by Gasteiger charge is 2.48. The van der Waals surface area contributed by atoms with Crippen LogP contribution in [-0.2, 0) is 22.6 Å². The molecule has 3 heterocycles. The van der Waals surface area contributed by atoms with Crippen LogP contribution in [0.4, 0.5) is 13.2 Å². The minimum Gasteiger partial charge on any atom is -0.295 e. The number of ketones is 1. The Bertz CT molecular complexity index is 1330. The number of aromatic amines is 1. The number of aromatic nitrogens is 2. The Morgan fingerprint density at radius 3 is 2.35 bits per heavy atom. The first-order chi connectivity index (χ1) is 16.1. The van der Waals surface area contributed by atoms with Gasteiger partial charge in [-0.05, 0) is 55.5 Å². The van der Waals surface area contributed by atoms with Crippen LogP contribution in [0.1, 0.15) is 64.5 Å². The zero-order valence-electron chi connectivity index (χ0n) is 18.2. The van der Waals surface area contributed by atoms with Crippen LogP contribution in [0.3, 0.4) is 0 Å². The van der Waals surface area contributed by atoms with E-state index >= 15 is 0 Å². The van der Waals surface area contributed by atoms with E-state index in [9.17, 15) is 26.4 Å². The van der Waals surface area contributed by atoms with Crippen LogP contribution in [0.15, 0.2) is 59.6 Å². The number of nitrogens with one attached hydrogen (secondary N) is 1. The lowest BCUT2D eigenvalue weighted by Gasteiger charge is -2.47. The molecule has 0 spiro atoms. The number of carbonyl (C=O) groups excluding carboxylic acids is 1. The Balaban J connectivity index is 1.50. The van der Waals surface area contributed by atoms with Crippen molar-refractivity contribution in [2.75, 3.05) is 0 Å². The number of fused-ring (bicyclic) bond motifs is 4. The van der Waals surface area contributed by atoms with Gasteiger partial charge in [0.15, 0.2) is 5.78 Å². The number of rotatable bonds is 4. The fraction of sp³-hybridized carbons (Fsp3) is 0.333. The zero-order valence-corrected chi connectivity index (χ0v) is 19.0. The lowest BCUT2D eigenvalue weighted by molar-refractivity contribution is -0.137. The average molecular weight is 490 g/mol. The molecular formula is C24H22F3N3O3S. The van der Waals surface area contributed by atoms with Crippen molar-refractivity contribution in [3.8, 4) is 0 Å². The molecule has 1 saturated heterocycles. The molecule has 3 aromatic rings. The van der Waals surface area contributed by atoms with Crippen LogP contribution in [-0.4, -0.2) is 34.7 Å². The third kappa shape index (κ3) is 3.84. The molecule has 3 atom stereocenters. The molecule has 3 unspecified atom stereocenters. The summed E-state index contributed by atoms with van der Waals surface area (Å²) in [5.41, 5.74) is 2.43. The van der Waals surface area contributed by atoms with Crippen molar-refractivity contribution >= 4 is 15.8 Å². The largest absolute Gasteiger partial charge is 0.416 e. The van der Waals surface area contributed by atoms with E-state index in [4.69, 9.17) is 0 Å². The first-order valence-corrected chi connectivity index (χ1v) is 12.3. The van der Waals surface area contributed by atoms with Gasteiger partial charge < -0.3 is 0 Å². The lowest BCUT2D eigenvalue weighted by Crippen LogP contribution is -2.51. The summed E-state index contributed by atoms with van der Waals surface area (Å²) in [6, 6.07) is 10.2. The number of halogens is 3. The van der Waals surface area contributed by atoms with Crippen LogP contribution in [0.25, 0.3) is 0 Å². The highest BCUT2D eigenvalue weighted by Crippen LogP contribution is 2.49. The van der Waals surface area contributed by atoms with Crippen LogP contribution in [0.2, 0.25) is 0 Å². The molecule has 0 radical (unpaired) electrons. The Morgan fingerprint density at radius 1 is 1.06 bits per heavy atom. The number of benzene rings is 2. The fourth-order valence-corrected chi connectivity index (χ4v) is 6.98. The van der Waals surface area contributed by atoms with Gasteiger partial charge >= 0.3 is 6.18 Å². The molecule has 2 aromatic carbocycles. The molecule has 5 rings (SSSR count). The standard InChI is InChI=1S/C24H22F3N3O3S/c1-14(31)15-2-4-16(5-3-15)17-10-19-12-22-21(13-28-29-22)23(11-17)30(19)34(32,33)20-8-6-18(7-9-20)24(25,26)27/h2-9,13,17,19,23H,10-12H2,1H3,(H,28,29). The quantitative estimate of drug-likeness (QED) is 0.531. The molecule has 6 nitrogen and oxygen atoms in total. The number of H-pyrrole nitrogens is 1. The third-order valence-electron chi connectivity index (χ3n) is 6.83. The van der Waals surface area contributed by atoms with E-state index < -0.39 is 27.8 Å². The average Bonchev–Trinajstić information content (AvgIpc) is 3.26. The maximum atomic E-state index is 13.6. The Labute approximate surface area is 194 Å². The van der Waals surface area contributed by atoms with Gasteiger partial charge in [-0.1, -0.05) is 24.3 Å². The van der Waals surface area contributed by atoms with Crippen molar-refractivity contribution in [3.63, 3.8) is 0 Å². The van der Waals surface area contributed by atoms with Crippen LogP contribution in [0, 0.1) is 0 Å². The van der Waals surface area contributed by atoms with Crippen molar-refractivity contribution in [2.45, 2.75) is 55.3 Å². The van der Waals surface area contributed by atoms with Gasteiger partial charge in [0.2, 0.25) is 10.0 Å². The SMILES string of the molecule is CC(=O)c1ccc(C2CC3Cc4[nH]ncc4C(C2)N3S(=O)(=O)c2ccc(C(F)(F)F)cc2)cc1. The number of hydrogen-bond acceptors (Lipinski definition) is 4. The van der Waals surface area contributed by atoms with E-state index in [2.05, 4.69) is 10.2 Å². The number of Topliss-reactive ketones (excluding diaryl/α,β-unsaturated/α-hetero) is 1. The van der Waals surface area contributed by atoms with Crippen LogP contribution >= 0.6 is 0 Å². The van der Waals surface area contributed by atoms with E-state index in [1.54, 1.807) is 18.3 Å². The molecule has 178 valence electrons. The van der Waals surface area contributed by atoms with Gasteiger partial charge in [0.1, 0.15) is 0 Å². The number of hydrogen-bond donors (Lipinski definition) is 1. The minimum atomic E-state index is -4.54. The molecule has 2 aliphatic rings. The van der Waals surface area contributed by atoms with Gasteiger partial charge in [-0.25, -0.2) is 8.42 Å². The second-order valence-electron chi connectivity index (χ2n) is 8.88. The van der Waals surface area contributed by atoms with Crippen molar-refractivity contribution in [3.05, 3.63) is 82.7 Å². The summed E-state index contributed by atoms with van der Waals surface area (Å²) in [5.74, 6) is 0.0435. The minimum absolute atomic E-state index is 0.0242.